The Morgan fingerprint density at radius 2 is 2.00 bits per heavy atom. The van der Waals surface area contributed by atoms with Gasteiger partial charge >= 0.3 is 6.03 Å². The maximum atomic E-state index is 14.1. The molecule has 31 heavy (non-hydrogen) atoms. The molecule has 1 fully saturated rings. The van der Waals surface area contributed by atoms with Crippen LogP contribution in [0.15, 0.2) is 48.5 Å². The normalized spacial score (nSPS) is 15.9. The predicted octanol–water partition coefficient (Wildman–Crippen LogP) is 3.43. The molecule has 1 saturated heterocycles. The minimum atomic E-state index is -0.283. The molecular formula is C24H33FN4O2. The number of anilines is 1. The van der Waals surface area contributed by atoms with Crippen molar-refractivity contribution in [3.8, 4) is 5.75 Å². The minimum absolute atomic E-state index is 0.148. The molecule has 2 amide bonds. The highest BCUT2D eigenvalue weighted by Gasteiger charge is 2.24. The molecule has 2 aromatic carbocycles. The van der Waals surface area contributed by atoms with E-state index >= 15 is 0 Å². The van der Waals surface area contributed by atoms with Gasteiger partial charge in [-0.05, 0) is 44.6 Å². The lowest BCUT2D eigenvalue weighted by Gasteiger charge is -2.26. The maximum absolute atomic E-state index is 14.1. The first kappa shape index (κ1) is 22.9. The number of nitrogens with one attached hydrogen (secondary N) is 1. The van der Waals surface area contributed by atoms with Crippen LogP contribution in [-0.4, -0.2) is 69.8 Å². The van der Waals surface area contributed by atoms with Crippen molar-refractivity contribution < 1.29 is 13.9 Å². The highest BCUT2D eigenvalue weighted by molar-refractivity contribution is 5.74. The number of nitrogens with zero attached hydrogens (tertiary/aromatic N) is 3. The fourth-order valence-electron chi connectivity index (χ4n) is 3.79. The number of halogens is 1. The molecule has 0 aromatic heterocycles. The summed E-state index contributed by atoms with van der Waals surface area (Å²) in [4.78, 5) is 18.9. The van der Waals surface area contributed by atoms with Crippen LogP contribution < -0.4 is 15.0 Å². The number of ether oxygens (including phenoxy) is 1. The van der Waals surface area contributed by atoms with Crippen molar-refractivity contribution in [2.24, 2.45) is 5.92 Å². The summed E-state index contributed by atoms with van der Waals surface area (Å²) in [7, 11) is 5.60. The maximum Gasteiger partial charge on any atom is 0.317 e. The van der Waals surface area contributed by atoms with E-state index in [1.165, 1.54) is 6.07 Å². The van der Waals surface area contributed by atoms with Crippen LogP contribution in [0.1, 0.15) is 12.0 Å². The van der Waals surface area contributed by atoms with E-state index < -0.39 is 0 Å². The molecule has 0 spiro atoms. The van der Waals surface area contributed by atoms with Crippen LogP contribution in [0.5, 0.6) is 5.75 Å². The molecule has 7 heteroatoms. The Balaban J connectivity index is 1.55. The zero-order valence-corrected chi connectivity index (χ0v) is 18.7. The third kappa shape index (κ3) is 6.59. The van der Waals surface area contributed by atoms with E-state index in [4.69, 9.17) is 4.74 Å². The lowest BCUT2D eigenvalue weighted by molar-refractivity contribution is 0.186. The first-order chi connectivity index (χ1) is 15.0. The Morgan fingerprint density at radius 1 is 1.19 bits per heavy atom. The van der Waals surface area contributed by atoms with Crippen molar-refractivity contribution in [2.45, 2.75) is 13.0 Å². The Morgan fingerprint density at radius 3 is 2.74 bits per heavy atom. The number of hydrogen-bond acceptors (Lipinski definition) is 4. The monoisotopic (exact) mass is 428 g/mol. The van der Waals surface area contributed by atoms with E-state index in [9.17, 15) is 9.18 Å². The van der Waals surface area contributed by atoms with Gasteiger partial charge < -0.3 is 24.8 Å². The van der Waals surface area contributed by atoms with Crippen LogP contribution in [0.25, 0.3) is 0 Å². The number of likely N-dealkylation sites (N-methyl/N-ethyl adjacent to an activating group) is 1. The van der Waals surface area contributed by atoms with Crippen molar-refractivity contribution in [1.29, 1.82) is 0 Å². The first-order valence-corrected chi connectivity index (χ1v) is 10.8. The molecule has 0 radical (unpaired) electrons. The number of carbonyl (C=O) groups is 1. The molecule has 1 unspecified atom stereocenters. The van der Waals surface area contributed by atoms with Gasteiger partial charge in [0.15, 0.2) is 0 Å². The van der Waals surface area contributed by atoms with Gasteiger partial charge in [0, 0.05) is 50.0 Å². The number of hydrogen-bond donors (Lipinski definition) is 1. The van der Waals surface area contributed by atoms with Crippen LogP contribution in [0.2, 0.25) is 0 Å². The lowest BCUT2D eigenvalue weighted by atomic mass is 10.1. The zero-order valence-electron chi connectivity index (χ0n) is 18.7. The van der Waals surface area contributed by atoms with Gasteiger partial charge in [-0.25, -0.2) is 9.18 Å². The number of amides is 2. The summed E-state index contributed by atoms with van der Waals surface area (Å²) < 4.78 is 19.4. The summed E-state index contributed by atoms with van der Waals surface area (Å²) in [6.07, 6.45) is 1.02. The van der Waals surface area contributed by atoms with Crippen LogP contribution in [-0.2, 0) is 6.54 Å². The average Bonchev–Trinajstić information content (AvgIpc) is 3.25. The molecule has 2 aromatic rings. The van der Waals surface area contributed by atoms with E-state index in [2.05, 4.69) is 16.3 Å². The van der Waals surface area contributed by atoms with Crippen LogP contribution in [0.4, 0.5) is 14.9 Å². The summed E-state index contributed by atoms with van der Waals surface area (Å²) in [6.45, 7) is 3.95. The molecule has 1 atom stereocenters. The van der Waals surface area contributed by atoms with E-state index in [-0.39, 0.29) is 18.4 Å². The third-order valence-electron chi connectivity index (χ3n) is 5.67. The van der Waals surface area contributed by atoms with Crippen molar-refractivity contribution in [2.75, 3.05) is 58.8 Å². The second kappa shape index (κ2) is 11.0. The van der Waals surface area contributed by atoms with Gasteiger partial charge in [0.2, 0.25) is 0 Å². The summed E-state index contributed by atoms with van der Waals surface area (Å²) in [6, 6.07) is 14.5. The van der Waals surface area contributed by atoms with Crippen molar-refractivity contribution >= 4 is 11.7 Å². The van der Waals surface area contributed by atoms with Gasteiger partial charge in [-0.15, -0.1) is 0 Å². The molecule has 3 rings (SSSR count). The number of benzene rings is 2. The Hall–Kier alpha value is -2.80. The molecule has 0 saturated carbocycles. The van der Waals surface area contributed by atoms with Crippen LogP contribution >= 0.6 is 0 Å². The van der Waals surface area contributed by atoms with E-state index in [0.717, 1.165) is 37.5 Å². The number of urea groups is 1. The molecule has 168 valence electrons. The third-order valence-corrected chi connectivity index (χ3v) is 5.67. The van der Waals surface area contributed by atoms with Gasteiger partial charge in [-0.1, -0.05) is 24.3 Å². The first-order valence-electron chi connectivity index (χ1n) is 10.8. The topological polar surface area (TPSA) is 48.1 Å². The summed E-state index contributed by atoms with van der Waals surface area (Å²) in [5.74, 6) is 0.938. The predicted molar refractivity (Wildman–Crippen MR) is 122 cm³/mol. The average molecular weight is 429 g/mol. The fourth-order valence-corrected chi connectivity index (χ4v) is 3.79. The molecular weight excluding hydrogens is 395 g/mol. The quantitative estimate of drug-likeness (QED) is 0.665. The van der Waals surface area contributed by atoms with Crippen molar-refractivity contribution in [3.63, 3.8) is 0 Å². The van der Waals surface area contributed by atoms with Crippen LogP contribution in [0.3, 0.4) is 0 Å². The molecule has 1 N–H and O–H groups in total. The number of methoxy groups -OCH3 is 1. The van der Waals surface area contributed by atoms with E-state index in [0.29, 0.717) is 24.6 Å². The van der Waals surface area contributed by atoms with Crippen LogP contribution in [0, 0.1) is 11.7 Å². The largest absolute Gasteiger partial charge is 0.497 e. The minimum Gasteiger partial charge on any atom is -0.497 e. The van der Waals surface area contributed by atoms with Crippen molar-refractivity contribution in [1.82, 2.24) is 15.1 Å². The van der Waals surface area contributed by atoms with Crippen molar-refractivity contribution in [3.05, 3.63) is 59.9 Å². The number of rotatable bonds is 9. The second-order valence-corrected chi connectivity index (χ2v) is 8.30. The SMILES string of the molecule is COc1cccc(N2CCC(CNC(=O)N(CCN(C)C)Cc3ccccc3F)C2)c1. The Labute approximate surface area is 184 Å². The second-order valence-electron chi connectivity index (χ2n) is 8.30. The van der Waals surface area contributed by atoms with Gasteiger partial charge in [0.05, 0.1) is 13.7 Å². The van der Waals surface area contributed by atoms with E-state index in [1.54, 1.807) is 30.2 Å². The van der Waals surface area contributed by atoms with Gasteiger partial charge in [-0.2, -0.15) is 0 Å². The van der Waals surface area contributed by atoms with E-state index in [1.807, 2.05) is 37.2 Å². The molecule has 1 aliphatic heterocycles. The number of carbonyl (C=O) groups excluding carboxylic acids is 1. The highest BCUT2D eigenvalue weighted by Crippen LogP contribution is 2.26. The van der Waals surface area contributed by atoms with Gasteiger partial charge in [0.1, 0.15) is 11.6 Å². The zero-order chi connectivity index (χ0) is 22.2. The van der Waals surface area contributed by atoms with Gasteiger partial charge in [-0.3, -0.25) is 0 Å². The summed E-state index contributed by atoms with van der Waals surface area (Å²) >= 11 is 0. The smallest absolute Gasteiger partial charge is 0.317 e. The standard InChI is InChI=1S/C24H33FN4O2/c1-27(2)13-14-29(18-20-7-4-5-10-23(20)25)24(30)26-16-19-11-12-28(17-19)21-8-6-9-22(15-21)31-3/h4-10,15,19H,11-14,16-18H2,1-3H3,(H,26,30). The molecule has 0 aliphatic carbocycles. The molecule has 6 nitrogen and oxygen atoms in total. The van der Waals surface area contributed by atoms with Gasteiger partial charge in [0.25, 0.3) is 0 Å². The highest BCUT2D eigenvalue weighted by atomic mass is 19.1. The Kier molecular flexibility index (Phi) is 8.12. The fraction of sp³-hybridized carbons (Fsp3) is 0.458. The molecule has 1 heterocycles. The summed E-state index contributed by atoms with van der Waals surface area (Å²) in [5.41, 5.74) is 1.67. The molecule has 0 bridgehead atoms. The molecule has 1 aliphatic rings. The summed E-state index contributed by atoms with van der Waals surface area (Å²) in [5, 5.41) is 3.08. The lowest BCUT2D eigenvalue weighted by Crippen LogP contribution is -2.44. The Bertz CT molecular complexity index is 861.